The molecule has 4 heteroatoms. The van der Waals surface area contributed by atoms with Crippen LogP contribution in [0.2, 0.25) is 0 Å². The molecule has 24 heavy (non-hydrogen) atoms. The van der Waals surface area contributed by atoms with E-state index in [0.717, 1.165) is 11.1 Å². The van der Waals surface area contributed by atoms with E-state index in [2.05, 4.69) is 0 Å². The number of hydrogen-bond acceptors (Lipinski definition) is 3. The molecule has 0 amide bonds. The molecule has 1 heterocycles. The minimum Gasteiger partial charge on any atom is -0.310 e. The van der Waals surface area contributed by atoms with Crippen molar-refractivity contribution in [1.82, 2.24) is 4.57 Å². The van der Waals surface area contributed by atoms with Crippen LogP contribution in [0.4, 0.5) is 0 Å². The minimum atomic E-state index is -0.152. The number of fused-ring (bicyclic) bond motifs is 5. The summed E-state index contributed by atoms with van der Waals surface area (Å²) in [7, 11) is 1.69. The van der Waals surface area contributed by atoms with Crippen molar-refractivity contribution in [1.29, 1.82) is 5.26 Å². The van der Waals surface area contributed by atoms with Gasteiger partial charge in [0.05, 0.1) is 17.3 Å². The standard InChI is InChI=1S/C20H12N2O2/c1-22-18-14-6-2-3-7-15(14)19(23)17(18)13-9-8-12(5-4-10-21)11-16(13)20(22)24/h2-9,11H,1H3/b5-4+. The average Bonchev–Trinajstić information content (AvgIpc) is 2.91. The number of hydrogen-bond donors (Lipinski definition) is 0. The van der Waals surface area contributed by atoms with Gasteiger partial charge in [0, 0.05) is 35.0 Å². The van der Waals surface area contributed by atoms with Crippen molar-refractivity contribution in [2.24, 2.45) is 7.05 Å². The summed E-state index contributed by atoms with van der Waals surface area (Å²) in [5.41, 5.74) is 3.28. The fourth-order valence-electron chi connectivity index (χ4n) is 3.34. The van der Waals surface area contributed by atoms with E-state index < -0.39 is 0 Å². The Labute approximate surface area is 137 Å². The lowest BCUT2D eigenvalue weighted by Gasteiger charge is -2.11. The van der Waals surface area contributed by atoms with Gasteiger partial charge in [-0.2, -0.15) is 5.26 Å². The van der Waals surface area contributed by atoms with E-state index in [0.29, 0.717) is 27.6 Å². The third-order valence-electron chi connectivity index (χ3n) is 4.42. The second kappa shape index (κ2) is 5.04. The van der Waals surface area contributed by atoms with Crippen LogP contribution in [0.5, 0.6) is 0 Å². The van der Waals surface area contributed by atoms with Crippen LogP contribution in [0, 0.1) is 11.3 Å². The molecule has 0 saturated carbocycles. The molecule has 0 unspecified atom stereocenters. The number of carbonyl (C=O) groups excluding carboxylic acids is 1. The van der Waals surface area contributed by atoms with Gasteiger partial charge in [0.25, 0.3) is 5.56 Å². The number of ketones is 1. The maximum atomic E-state index is 12.9. The number of aromatic nitrogens is 1. The predicted molar refractivity (Wildman–Crippen MR) is 92.7 cm³/mol. The van der Waals surface area contributed by atoms with Crippen molar-refractivity contribution in [3.63, 3.8) is 0 Å². The molecule has 2 aromatic carbocycles. The molecule has 3 aromatic rings. The second-order valence-corrected chi connectivity index (χ2v) is 5.73. The van der Waals surface area contributed by atoms with Gasteiger partial charge in [-0.25, -0.2) is 0 Å². The van der Waals surface area contributed by atoms with Crippen LogP contribution >= 0.6 is 0 Å². The first-order valence-electron chi connectivity index (χ1n) is 7.50. The lowest BCUT2D eigenvalue weighted by Crippen LogP contribution is -2.20. The Morgan fingerprint density at radius 1 is 1.04 bits per heavy atom. The Morgan fingerprint density at radius 2 is 1.79 bits per heavy atom. The molecule has 0 N–H and O–H groups in total. The van der Waals surface area contributed by atoms with E-state index >= 15 is 0 Å². The normalized spacial score (nSPS) is 12.4. The molecule has 1 aliphatic rings. The monoisotopic (exact) mass is 312 g/mol. The van der Waals surface area contributed by atoms with Crippen molar-refractivity contribution in [2.75, 3.05) is 0 Å². The molecular formula is C20H12N2O2. The predicted octanol–water partition coefficient (Wildman–Crippen LogP) is 3.29. The molecule has 0 saturated heterocycles. The molecule has 1 aliphatic carbocycles. The lowest BCUT2D eigenvalue weighted by molar-refractivity contribution is 0.104. The van der Waals surface area contributed by atoms with Crippen molar-refractivity contribution >= 4 is 22.6 Å². The van der Waals surface area contributed by atoms with Crippen LogP contribution in [-0.2, 0) is 7.05 Å². The SMILES string of the molecule is Cn1c2c(c3ccc(/C=C/C#N)cc3c1=O)C(=O)c1ccccc1-2. The first kappa shape index (κ1) is 14.2. The minimum absolute atomic E-state index is 0.0542. The van der Waals surface area contributed by atoms with Crippen LogP contribution in [-0.4, -0.2) is 10.4 Å². The van der Waals surface area contributed by atoms with Gasteiger partial charge in [-0.1, -0.05) is 36.4 Å². The van der Waals surface area contributed by atoms with Crippen molar-refractivity contribution < 1.29 is 4.79 Å². The number of nitriles is 1. The molecule has 114 valence electrons. The van der Waals surface area contributed by atoms with Gasteiger partial charge in [-0.15, -0.1) is 0 Å². The summed E-state index contributed by atoms with van der Waals surface area (Å²) in [6, 6.07) is 14.6. The topological polar surface area (TPSA) is 62.9 Å². The van der Waals surface area contributed by atoms with E-state index in [1.807, 2.05) is 30.3 Å². The number of pyridine rings is 1. The van der Waals surface area contributed by atoms with Gasteiger partial charge in [-0.05, 0) is 17.7 Å². The smallest absolute Gasteiger partial charge is 0.258 e. The molecule has 0 fully saturated rings. The Hall–Kier alpha value is -3.45. The fourth-order valence-corrected chi connectivity index (χ4v) is 3.34. The number of allylic oxidation sites excluding steroid dienone is 1. The van der Waals surface area contributed by atoms with Crippen molar-refractivity contribution in [3.8, 4) is 17.3 Å². The second-order valence-electron chi connectivity index (χ2n) is 5.73. The molecule has 0 radical (unpaired) electrons. The van der Waals surface area contributed by atoms with E-state index in [4.69, 9.17) is 5.26 Å². The molecule has 4 nitrogen and oxygen atoms in total. The maximum Gasteiger partial charge on any atom is 0.258 e. The van der Waals surface area contributed by atoms with Crippen LogP contribution in [0.1, 0.15) is 21.5 Å². The zero-order chi connectivity index (χ0) is 16.8. The number of carbonyl (C=O) groups is 1. The van der Waals surface area contributed by atoms with Crippen molar-refractivity contribution in [3.05, 3.63) is 75.6 Å². The van der Waals surface area contributed by atoms with Crippen LogP contribution < -0.4 is 5.56 Å². The molecule has 0 spiro atoms. The first-order valence-corrected chi connectivity index (χ1v) is 7.50. The molecule has 0 aliphatic heterocycles. The average molecular weight is 312 g/mol. The molecule has 1 aromatic heterocycles. The van der Waals surface area contributed by atoms with Gasteiger partial charge in [0.15, 0.2) is 5.78 Å². The number of rotatable bonds is 1. The Kier molecular flexibility index (Phi) is 2.97. The summed E-state index contributed by atoms with van der Waals surface area (Å²) < 4.78 is 1.54. The highest BCUT2D eigenvalue weighted by atomic mass is 16.1. The quantitative estimate of drug-likeness (QED) is 0.507. The molecule has 4 rings (SSSR count). The maximum absolute atomic E-state index is 12.9. The van der Waals surface area contributed by atoms with E-state index in [-0.39, 0.29) is 11.3 Å². The highest BCUT2D eigenvalue weighted by Gasteiger charge is 2.31. The van der Waals surface area contributed by atoms with Gasteiger partial charge in [0.1, 0.15) is 0 Å². The third-order valence-corrected chi connectivity index (χ3v) is 4.42. The van der Waals surface area contributed by atoms with Gasteiger partial charge >= 0.3 is 0 Å². The first-order chi connectivity index (χ1) is 11.6. The fraction of sp³-hybridized carbons (Fsp3) is 0.0500. The highest BCUT2D eigenvalue weighted by molar-refractivity contribution is 6.26. The van der Waals surface area contributed by atoms with Crippen LogP contribution in [0.3, 0.4) is 0 Å². The van der Waals surface area contributed by atoms with E-state index in [9.17, 15) is 9.59 Å². The summed E-state index contributed by atoms with van der Waals surface area (Å²) in [6.45, 7) is 0. The lowest BCUT2D eigenvalue weighted by atomic mass is 10.0. The van der Waals surface area contributed by atoms with E-state index in [1.165, 1.54) is 6.08 Å². The van der Waals surface area contributed by atoms with Crippen LogP contribution in [0.25, 0.3) is 28.1 Å². The summed E-state index contributed by atoms with van der Waals surface area (Å²) in [6.07, 6.45) is 3.00. The zero-order valence-electron chi connectivity index (χ0n) is 12.9. The summed E-state index contributed by atoms with van der Waals surface area (Å²) in [5, 5.41) is 9.79. The molecular weight excluding hydrogens is 300 g/mol. The van der Waals surface area contributed by atoms with Gasteiger partial charge < -0.3 is 4.57 Å². The summed E-state index contributed by atoms with van der Waals surface area (Å²) in [5.74, 6) is -0.0542. The summed E-state index contributed by atoms with van der Waals surface area (Å²) in [4.78, 5) is 25.6. The third kappa shape index (κ3) is 1.79. The molecule has 0 bridgehead atoms. The Balaban J connectivity index is 2.12. The van der Waals surface area contributed by atoms with E-state index in [1.54, 1.807) is 35.9 Å². The number of benzene rings is 2. The Bertz CT molecular complexity index is 1160. The highest BCUT2D eigenvalue weighted by Crippen LogP contribution is 2.38. The van der Waals surface area contributed by atoms with Gasteiger partial charge in [-0.3, -0.25) is 9.59 Å². The van der Waals surface area contributed by atoms with Crippen molar-refractivity contribution in [2.45, 2.75) is 0 Å². The zero-order valence-corrected chi connectivity index (χ0v) is 12.9. The number of nitrogens with zero attached hydrogens (tertiary/aromatic N) is 2. The summed E-state index contributed by atoms with van der Waals surface area (Å²) >= 11 is 0. The molecule has 0 atom stereocenters. The Morgan fingerprint density at radius 3 is 2.54 bits per heavy atom. The van der Waals surface area contributed by atoms with Crippen LogP contribution in [0.15, 0.2) is 53.3 Å². The largest absolute Gasteiger partial charge is 0.310 e. The van der Waals surface area contributed by atoms with Gasteiger partial charge in [0.2, 0.25) is 0 Å².